The lowest BCUT2D eigenvalue weighted by Crippen LogP contribution is -2.76. The summed E-state index contributed by atoms with van der Waals surface area (Å²) in [7, 11) is 0. The number of ether oxygens (including phenoxy) is 2. The topological polar surface area (TPSA) is 140 Å². The van der Waals surface area contributed by atoms with Gasteiger partial charge in [-0.15, -0.1) is 0 Å². The quantitative estimate of drug-likeness (QED) is 0.281. The minimum Gasteiger partial charge on any atom is -0.507 e. The maximum atomic E-state index is 12.6. The zero-order valence-corrected chi connectivity index (χ0v) is 28.6. The maximum absolute atomic E-state index is 12.6. The first-order valence-corrected chi connectivity index (χ1v) is 16.0. The number of benzene rings is 2. The van der Waals surface area contributed by atoms with Crippen molar-refractivity contribution in [3.63, 3.8) is 0 Å². The fraction of sp³-hybridized carbons (Fsp3) is 0.611. The van der Waals surface area contributed by atoms with Gasteiger partial charge < -0.3 is 29.9 Å². The van der Waals surface area contributed by atoms with Crippen LogP contribution in [0.1, 0.15) is 102 Å². The summed E-state index contributed by atoms with van der Waals surface area (Å²) >= 11 is 0. The first-order valence-electron chi connectivity index (χ1n) is 16.0. The van der Waals surface area contributed by atoms with Crippen molar-refractivity contribution in [2.24, 2.45) is 0 Å². The second kappa shape index (κ2) is 12.4. The van der Waals surface area contributed by atoms with Crippen LogP contribution in [0.2, 0.25) is 0 Å². The predicted octanol–water partition coefficient (Wildman–Crippen LogP) is 4.88. The van der Waals surface area contributed by atoms with Gasteiger partial charge in [0.15, 0.2) is 0 Å². The molecule has 0 unspecified atom stereocenters. The standard InChI is InChI=1S/C36H52N2O8/c1-31(2)21-35(43,22-32(3,4)37(31)17-19-45-29(41)25-13-9-11-15-27(25)39)36(44)23-33(5,6)38(34(7,8)24-36)18-20-46-30(42)26-14-10-12-16-28(26)40/h9-16,39-40,43-44H,17-24H2,1-8H3. The maximum Gasteiger partial charge on any atom is 0.341 e. The Morgan fingerprint density at radius 1 is 0.587 bits per heavy atom. The molecule has 2 heterocycles. The Bertz CT molecular complexity index is 1290. The molecule has 2 saturated heterocycles. The number of phenols is 2. The summed E-state index contributed by atoms with van der Waals surface area (Å²) in [4.78, 5) is 29.6. The lowest BCUT2D eigenvalue weighted by molar-refractivity contribution is -0.263. The number of carbonyl (C=O) groups is 2. The van der Waals surface area contributed by atoms with Crippen molar-refractivity contribution in [3.05, 3.63) is 59.7 Å². The van der Waals surface area contributed by atoms with Crippen LogP contribution in [-0.4, -0.2) is 102 Å². The van der Waals surface area contributed by atoms with Gasteiger partial charge in [-0.05, 0) is 105 Å². The molecule has 0 atom stereocenters. The van der Waals surface area contributed by atoms with Gasteiger partial charge in [-0.3, -0.25) is 9.80 Å². The fourth-order valence-electron chi connectivity index (χ4n) is 8.78. The summed E-state index contributed by atoms with van der Waals surface area (Å²) < 4.78 is 11.1. The zero-order valence-electron chi connectivity index (χ0n) is 28.6. The minimum atomic E-state index is -1.42. The zero-order chi connectivity index (χ0) is 34.3. The summed E-state index contributed by atoms with van der Waals surface area (Å²) in [5, 5.41) is 45.0. The van der Waals surface area contributed by atoms with E-state index in [4.69, 9.17) is 9.47 Å². The van der Waals surface area contributed by atoms with Gasteiger partial charge >= 0.3 is 11.9 Å². The molecule has 2 fully saturated rings. The number of para-hydroxylation sites is 2. The molecule has 2 aromatic carbocycles. The molecule has 0 bridgehead atoms. The van der Waals surface area contributed by atoms with Crippen LogP contribution in [0.3, 0.4) is 0 Å². The molecule has 2 aliphatic heterocycles. The van der Waals surface area contributed by atoms with E-state index in [1.165, 1.54) is 24.3 Å². The van der Waals surface area contributed by atoms with Gasteiger partial charge in [-0.25, -0.2) is 9.59 Å². The Kier molecular flexibility index (Phi) is 9.65. The molecule has 4 rings (SSSR count). The Balaban J connectivity index is 1.45. The Morgan fingerprint density at radius 2 is 0.870 bits per heavy atom. The Hall–Kier alpha value is -3.18. The molecule has 10 heteroatoms. The van der Waals surface area contributed by atoms with Crippen LogP contribution >= 0.6 is 0 Å². The third-order valence-corrected chi connectivity index (χ3v) is 10.0. The van der Waals surface area contributed by atoms with Crippen molar-refractivity contribution in [1.82, 2.24) is 9.80 Å². The molecule has 10 nitrogen and oxygen atoms in total. The number of phenolic OH excluding ortho intramolecular Hbond substituents is 2. The number of likely N-dealkylation sites (tertiary alicyclic amines) is 2. The van der Waals surface area contributed by atoms with E-state index in [9.17, 15) is 30.0 Å². The molecule has 0 spiro atoms. The predicted molar refractivity (Wildman–Crippen MR) is 175 cm³/mol. The summed E-state index contributed by atoms with van der Waals surface area (Å²) in [6.45, 7) is 17.3. The van der Waals surface area contributed by atoms with Gasteiger partial charge in [0, 0.05) is 35.2 Å². The second-order valence-electron chi connectivity index (χ2n) is 15.6. The van der Waals surface area contributed by atoms with E-state index < -0.39 is 45.3 Å². The molecule has 46 heavy (non-hydrogen) atoms. The molecule has 0 saturated carbocycles. The molecule has 0 radical (unpaired) electrons. The number of aliphatic hydroxyl groups is 2. The van der Waals surface area contributed by atoms with Crippen LogP contribution in [0.15, 0.2) is 48.5 Å². The monoisotopic (exact) mass is 640 g/mol. The van der Waals surface area contributed by atoms with Crippen LogP contribution in [0.5, 0.6) is 11.5 Å². The van der Waals surface area contributed by atoms with E-state index in [-0.39, 0.29) is 35.8 Å². The van der Waals surface area contributed by atoms with Gasteiger partial charge in [0.1, 0.15) is 35.8 Å². The average molecular weight is 641 g/mol. The van der Waals surface area contributed by atoms with Crippen LogP contribution in [0, 0.1) is 0 Å². The van der Waals surface area contributed by atoms with E-state index in [1.807, 2.05) is 55.4 Å². The summed E-state index contributed by atoms with van der Waals surface area (Å²) in [6, 6.07) is 12.5. The van der Waals surface area contributed by atoms with Gasteiger partial charge in [0.25, 0.3) is 0 Å². The lowest BCUT2D eigenvalue weighted by Gasteiger charge is -2.66. The molecule has 2 aromatic rings. The highest BCUT2D eigenvalue weighted by molar-refractivity contribution is 5.92. The highest BCUT2D eigenvalue weighted by atomic mass is 16.5. The number of esters is 2. The number of rotatable bonds is 9. The molecule has 0 aromatic heterocycles. The second-order valence-corrected chi connectivity index (χ2v) is 15.6. The molecule has 254 valence electrons. The highest BCUT2D eigenvalue weighted by Gasteiger charge is 2.64. The van der Waals surface area contributed by atoms with Crippen LogP contribution < -0.4 is 0 Å². The SMILES string of the molecule is CC1(C)CC(O)(C2(O)CC(C)(C)N(CCOC(=O)c3ccccc3O)C(C)(C)C2)CC(C)(C)N1CCOC(=O)c1ccccc1O. The van der Waals surface area contributed by atoms with Crippen LogP contribution in [0.4, 0.5) is 0 Å². The van der Waals surface area contributed by atoms with E-state index in [0.717, 1.165) is 0 Å². The number of carbonyl (C=O) groups excluding carboxylic acids is 2. The first-order chi connectivity index (χ1) is 21.1. The summed E-state index contributed by atoms with van der Waals surface area (Å²) in [5.41, 5.74) is -4.84. The summed E-state index contributed by atoms with van der Waals surface area (Å²) in [5.74, 6) is -1.45. The van der Waals surface area contributed by atoms with Gasteiger partial charge in [0.05, 0.1) is 11.2 Å². The smallest absolute Gasteiger partial charge is 0.341 e. The fourth-order valence-corrected chi connectivity index (χ4v) is 8.78. The van der Waals surface area contributed by atoms with Gasteiger partial charge in [-0.1, -0.05) is 24.3 Å². The van der Waals surface area contributed by atoms with Crippen molar-refractivity contribution in [3.8, 4) is 11.5 Å². The molecule has 0 aliphatic carbocycles. The summed E-state index contributed by atoms with van der Waals surface area (Å²) in [6.07, 6.45) is 1.21. The molecular weight excluding hydrogens is 588 g/mol. The van der Waals surface area contributed by atoms with Gasteiger partial charge in [0.2, 0.25) is 0 Å². The Morgan fingerprint density at radius 3 is 1.15 bits per heavy atom. The number of aromatic hydroxyl groups is 2. The van der Waals surface area contributed by atoms with Gasteiger partial charge in [-0.2, -0.15) is 0 Å². The number of piperidine rings is 2. The first kappa shape index (κ1) is 35.7. The van der Waals surface area contributed by atoms with Crippen molar-refractivity contribution in [2.45, 2.75) is 114 Å². The third kappa shape index (κ3) is 7.05. The number of hydrogen-bond acceptors (Lipinski definition) is 10. The van der Waals surface area contributed by atoms with Crippen molar-refractivity contribution in [2.75, 3.05) is 26.3 Å². The van der Waals surface area contributed by atoms with Crippen molar-refractivity contribution in [1.29, 1.82) is 0 Å². The molecule has 2 aliphatic rings. The highest BCUT2D eigenvalue weighted by Crippen LogP contribution is 2.55. The molecule has 4 N–H and O–H groups in total. The molecule has 0 amide bonds. The largest absolute Gasteiger partial charge is 0.507 e. The van der Waals surface area contributed by atoms with Crippen LogP contribution in [-0.2, 0) is 9.47 Å². The lowest BCUT2D eigenvalue weighted by atomic mass is 9.57. The van der Waals surface area contributed by atoms with Crippen molar-refractivity contribution >= 4 is 11.9 Å². The normalized spacial score (nSPS) is 22.9. The average Bonchev–Trinajstić information content (AvgIpc) is 2.90. The van der Waals surface area contributed by atoms with Crippen LogP contribution in [0.25, 0.3) is 0 Å². The van der Waals surface area contributed by atoms with E-state index >= 15 is 0 Å². The number of hydrogen-bond donors (Lipinski definition) is 4. The Labute approximate surface area is 272 Å². The minimum absolute atomic E-state index is 0.103. The van der Waals surface area contributed by atoms with E-state index in [2.05, 4.69) is 9.80 Å². The van der Waals surface area contributed by atoms with Crippen molar-refractivity contribution < 1.29 is 39.5 Å². The third-order valence-electron chi connectivity index (χ3n) is 10.0. The molecular formula is C36H52N2O8. The number of nitrogens with zero attached hydrogens (tertiary/aromatic N) is 2. The van der Waals surface area contributed by atoms with E-state index in [0.29, 0.717) is 38.8 Å². The van der Waals surface area contributed by atoms with E-state index in [1.54, 1.807) is 24.3 Å².